The maximum Gasteiger partial charge on any atom is 0.258 e. The van der Waals surface area contributed by atoms with Crippen LogP contribution >= 0.6 is 27.5 Å². The summed E-state index contributed by atoms with van der Waals surface area (Å²) >= 11 is 9.32. The van der Waals surface area contributed by atoms with Gasteiger partial charge in [-0.25, -0.2) is 4.98 Å². The van der Waals surface area contributed by atoms with Crippen LogP contribution < -0.4 is 5.73 Å². The van der Waals surface area contributed by atoms with E-state index in [1.165, 1.54) is 0 Å². The number of benzene rings is 1. The fourth-order valence-electron chi connectivity index (χ4n) is 1.67. The van der Waals surface area contributed by atoms with E-state index in [0.717, 1.165) is 15.6 Å². The van der Waals surface area contributed by atoms with Gasteiger partial charge in [0, 0.05) is 21.8 Å². The van der Waals surface area contributed by atoms with Crippen LogP contribution in [0.4, 0.5) is 5.82 Å². The number of halogens is 2. The largest absolute Gasteiger partial charge is 0.384 e. The van der Waals surface area contributed by atoms with E-state index < -0.39 is 0 Å². The summed E-state index contributed by atoms with van der Waals surface area (Å²) < 4.78 is 6.01. The standard InChI is InChI=1S/C13H8BrClN4O/c14-9-5-7(1-2-10(9)15)12-18-13(20-19-12)8-3-4-17-11(16)6-8/h1-6H,(H2,16,17). The summed E-state index contributed by atoms with van der Waals surface area (Å²) in [5.74, 6) is 1.27. The lowest BCUT2D eigenvalue weighted by Gasteiger charge is -1.97. The van der Waals surface area contributed by atoms with Gasteiger partial charge >= 0.3 is 0 Å². The number of hydrogen-bond acceptors (Lipinski definition) is 5. The minimum absolute atomic E-state index is 0.389. The van der Waals surface area contributed by atoms with Crippen molar-refractivity contribution in [1.29, 1.82) is 0 Å². The highest BCUT2D eigenvalue weighted by molar-refractivity contribution is 9.10. The molecule has 0 saturated carbocycles. The Balaban J connectivity index is 1.99. The second-order valence-electron chi connectivity index (χ2n) is 4.02. The van der Waals surface area contributed by atoms with E-state index in [2.05, 4.69) is 31.1 Å². The molecule has 0 radical (unpaired) electrons. The van der Waals surface area contributed by atoms with Crippen molar-refractivity contribution in [3.63, 3.8) is 0 Å². The molecular formula is C13H8BrClN4O. The molecule has 1 aromatic carbocycles. The molecule has 0 unspecified atom stereocenters. The number of rotatable bonds is 2. The minimum Gasteiger partial charge on any atom is -0.384 e. The van der Waals surface area contributed by atoms with Crippen molar-refractivity contribution in [1.82, 2.24) is 15.1 Å². The molecule has 100 valence electrons. The van der Waals surface area contributed by atoms with Crippen molar-refractivity contribution in [2.45, 2.75) is 0 Å². The second-order valence-corrected chi connectivity index (χ2v) is 5.28. The van der Waals surface area contributed by atoms with Gasteiger partial charge in [-0.2, -0.15) is 4.98 Å². The van der Waals surface area contributed by atoms with Gasteiger partial charge in [0.2, 0.25) is 5.82 Å². The van der Waals surface area contributed by atoms with Crippen LogP contribution in [0.2, 0.25) is 5.02 Å². The molecule has 3 rings (SSSR count). The Morgan fingerprint density at radius 3 is 2.75 bits per heavy atom. The van der Waals surface area contributed by atoms with Gasteiger partial charge in [0.25, 0.3) is 5.89 Å². The highest BCUT2D eigenvalue weighted by Crippen LogP contribution is 2.28. The highest BCUT2D eigenvalue weighted by atomic mass is 79.9. The zero-order valence-electron chi connectivity index (χ0n) is 10.0. The zero-order chi connectivity index (χ0) is 14.1. The smallest absolute Gasteiger partial charge is 0.258 e. The van der Waals surface area contributed by atoms with Crippen LogP contribution in [-0.2, 0) is 0 Å². The first-order valence-electron chi connectivity index (χ1n) is 5.64. The molecule has 5 nitrogen and oxygen atoms in total. The molecule has 0 fully saturated rings. The van der Waals surface area contributed by atoms with Crippen LogP contribution in [0.3, 0.4) is 0 Å². The quantitative estimate of drug-likeness (QED) is 0.760. The van der Waals surface area contributed by atoms with Crippen LogP contribution in [0, 0.1) is 0 Å². The van der Waals surface area contributed by atoms with Gasteiger partial charge < -0.3 is 10.3 Å². The van der Waals surface area contributed by atoms with Crippen LogP contribution in [-0.4, -0.2) is 15.1 Å². The molecule has 0 aliphatic carbocycles. The normalized spacial score (nSPS) is 10.7. The molecule has 2 aromatic heterocycles. The lowest BCUT2D eigenvalue weighted by Crippen LogP contribution is -1.89. The first-order valence-corrected chi connectivity index (χ1v) is 6.81. The van der Waals surface area contributed by atoms with E-state index in [9.17, 15) is 0 Å². The molecule has 2 heterocycles. The number of pyridine rings is 1. The van der Waals surface area contributed by atoms with Crippen LogP contribution in [0.1, 0.15) is 0 Å². The number of hydrogen-bond donors (Lipinski definition) is 1. The lowest BCUT2D eigenvalue weighted by atomic mass is 10.2. The molecule has 0 amide bonds. The maximum absolute atomic E-state index is 5.95. The monoisotopic (exact) mass is 350 g/mol. The Labute approximate surface area is 127 Å². The molecule has 0 spiro atoms. The maximum atomic E-state index is 5.95. The van der Waals surface area contributed by atoms with Gasteiger partial charge in [-0.1, -0.05) is 16.8 Å². The van der Waals surface area contributed by atoms with E-state index in [1.54, 1.807) is 24.4 Å². The van der Waals surface area contributed by atoms with E-state index in [0.29, 0.717) is 22.6 Å². The van der Waals surface area contributed by atoms with Crippen LogP contribution in [0.25, 0.3) is 22.8 Å². The molecule has 0 saturated heterocycles. The van der Waals surface area contributed by atoms with Crippen molar-refractivity contribution >= 4 is 33.3 Å². The van der Waals surface area contributed by atoms with Gasteiger partial charge in [-0.3, -0.25) is 0 Å². The Hall–Kier alpha value is -1.92. The molecular weight excluding hydrogens is 344 g/mol. The zero-order valence-corrected chi connectivity index (χ0v) is 12.4. The van der Waals surface area contributed by atoms with Crippen LogP contribution in [0.15, 0.2) is 45.5 Å². The molecule has 3 aromatic rings. The number of anilines is 1. The van der Waals surface area contributed by atoms with Crippen molar-refractivity contribution in [3.8, 4) is 22.8 Å². The number of nitrogen functional groups attached to an aromatic ring is 1. The average Bonchev–Trinajstić information content (AvgIpc) is 2.92. The summed E-state index contributed by atoms with van der Waals surface area (Å²) in [4.78, 5) is 8.26. The molecule has 0 aliphatic rings. The first-order chi connectivity index (χ1) is 9.63. The predicted octanol–water partition coefficient (Wildman–Crippen LogP) is 3.80. The molecule has 7 heteroatoms. The second kappa shape index (κ2) is 5.22. The topological polar surface area (TPSA) is 77.8 Å². The average molecular weight is 352 g/mol. The van der Waals surface area contributed by atoms with E-state index in [-0.39, 0.29) is 0 Å². The Morgan fingerprint density at radius 1 is 1.15 bits per heavy atom. The number of nitrogens with zero attached hydrogens (tertiary/aromatic N) is 3. The minimum atomic E-state index is 0.389. The summed E-state index contributed by atoms with van der Waals surface area (Å²) in [5.41, 5.74) is 7.16. The van der Waals surface area contributed by atoms with Crippen molar-refractivity contribution < 1.29 is 4.52 Å². The molecule has 0 aliphatic heterocycles. The van der Waals surface area contributed by atoms with Gasteiger partial charge in [0.05, 0.1) is 5.02 Å². The number of aromatic nitrogens is 3. The predicted molar refractivity (Wildman–Crippen MR) is 80.1 cm³/mol. The fraction of sp³-hybridized carbons (Fsp3) is 0. The van der Waals surface area contributed by atoms with Gasteiger partial charge in [0.1, 0.15) is 5.82 Å². The fourth-order valence-corrected chi connectivity index (χ4v) is 2.17. The molecule has 0 bridgehead atoms. The third kappa shape index (κ3) is 2.52. The molecule has 0 atom stereocenters. The van der Waals surface area contributed by atoms with Gasteiger partial charge in [-0.15, -0.1) is 0 Å². The van der Waals surface area contributed by atoms with E-state index in [1.807, 2.05) is 12.1 Å². The summed E-state index contributed by atoms with van der Waals surface area (Å²) in [6, 6.07) is 8.85. The van der Waals surface area contributed by atoms with Gasteiger partial charge in [-0.05, 0) is 46.3 Å². The summed E-state index contributed by atoms with van der Waals surface area (Å²) in [5, 5.41) is 4.58. The first kappa shape index (κ1) is 13.1. The summed E-state index contributed by atoms with van der Waals surface area (Å²) in [6.07, 6.45) is 1.59. The third-order valence-corrected chi connectivity index (χ3v) is 3.85. The Bertz CT molecular complexity index is 775. The van der Waals surface area contributed by atoms with Gasteiger partial charge in [0.15, 0.2) is 0 Å². The Morgan fingerprint density at radius 2 is 2.00 bits per heavy atom. The van der Waals surface area contributed by atoms with Crippen molar-refractivity contribution in [2.24, 2.45) is 0 Å². The van der Waals surface area contributed by atoms with E-state index >= 15 is 0 Å². The summed E-state index contributed by atoms with van der Waals surface area (Å²) in [7, 11) is 0. The molecule has 2 N–H and O–H groups in total. The van der Waals surface area contributed by atoms with Crippen molar-refractivity contribution in [3.05, 3.63) is 46.0 Å². The van der Waals surface area contributed by atoms with Crippen LogP contribution in [0.5, 0.6) is 0 Å². The Kier molecular flexibility index (Phi) is 3.42. The SMILES string of the molecule is Nc1cc(-c2nc(-c3ccc(Cl)c(Br)c3)no2)ccn1. The summed E-state index contributed by atoms with van der Waals surface area (Å²) in [6.45, 7) is 0. The molecule has 20 heavy (non-hydrogen) atoms. The van der Waals surface area contributed by atoms with E-state index in [4.69, 9.17) is 21.9 Å². The lowest BCUT2D eigenvalue weighted by molar-refractivity contribution is 0.432. The highest BCUT2D eigenvalue weighted by Gasteiger charge is 2.12. The van der Waals surface area contributed by atoms with Crippen molar-refractivity contribution in [2.75, 3.05) is 5.73 Å². The number of nitrogens with two attached hydrogens (primary N) is 1. The third-order valence-electron chi connectivity index (χ3n) is 2.63.